The number of allylic oxidation sites excluding steroid dienone is 1. The Morgan fingerprint density at radius 3 is 1.28 bits per heavy atom. The average Bonchev–Trinajstić information content (AvgIpc) is 3.09. The van der Waals surface area contributed by atoms with Gasteiger partial charge in [0.2, 0.25) is 0 Å². The van der Waals surface area contributed by atoms with Gasteiger partial charge in [0.05, 0.1) is 0 Å². The summed E-state index contributed by atoms with van der Waals surface area (Å²) in [4.78, 5) is 10.5. The molecule has 3 nitrogen and oxygen atoms in total. The van der Waals surface area contributed by atoms with Crippen molar-refractivity contribution in [2.75, 3.05) is 6.54 Å². The summed E-state index contributed by atoms with van der Waals surface area (Å²) in [6.07, 6.45) is 37.6. The molecule has 1 atom stereocenters. The molecule has 0 saturated heterocycles. The van der Waals surface area contributed by atoms with Crippen molar-refractivity contribution in [3.63, 3.8) is 0 Å². The quantitative estimate of drug-likeness (QED) is 0.0348. The maximum absolute atomic E-state index is 10.5. The molecule has 0 radical (unpaired) electrons. The summed E-state index contributed by atoms with van der Waals surface area (Å²) in [5, 5.41) is 7.11. The summed E-state index contributed by atoms with van der Waals surface area (Å²) < 4.78 is 0. The Morgan fingerprint density at radius 2 is 0.980 bits per heavy atom. The molecule has 0 aromatic rings. The number of nitrogens with one attached hydrogen (secondary N) is 1. The zero-order valence-electron chi connectivity index (χ0n) is 36.6. The van der Waals surface area contributed by atoms with Gasteiger partial charge in [-0.15, -0.1) is 0 Å². The average molecular weight is 731 g/mol. The Hall–Kier alpha value is 0.416. The van der Waals surface area contributed by atoms with Crippen LogP contribution >= 0.6 is 0 Å². The molecule has 0 amide bonds. The molecule has 3 N–H and O–H groups in total. The van der Waals surface area contributed by atoms with E-state index in [0.717, 1.165) is 36.7 Å². The molecule has 50 heavy (non-hydrogen) atoms. The van der Waals surface area contributed by atoms with Gasteiger partial charge in [-0.25, -0.2) is 0 Å². The van der Waals surface area contributed by atoms with E-state index in [4.69, 9.17) is 11.1 Å². The van der Waals surface area contributed by atoms with E-state index in [-0.39, 0.29) is 57.2 Å². The zero-order chi connectivity index (χ0) is 38.4. The van der Waals surface area contributed by atoms with Crippen molar-refractivity contribution in [3.8, 4) is 0 Å². The third-order valence-electron chi connectivity index (χ3n) is 8.85. The molecule has 0 saturated carbocycles. The molecule has 0 aromatic heterocycles. The maximum Gasteiger partial charge on any atom is 1.00 e. The molecule has 0 aliphatic heterocycles. The van der Waals surface area contributed by atoms with Crippen LogP contribution in [-0.2, 0) is 4.79 Å². The molecule has 0 aliphatic carbocycles. The van der Waals surface area contributed by atoms with Gasteiger partial charge >= 0.3 is 51.4 Å². The number of hydrogen-bond acceptors (Lipinski definition) is 3. The molecule has 0 aromatic carbocycles. The van der Waals surface area contributed by atoms with E-state index in [2.05, 4.69) is 62.3 Å². The summed E-state index contributed by atoms with van der Waals surface area (Å²) in [5.74, 6) is 1.89. The van der Waals surface area contributed by atoms with Crippen LogP contribution in [0.25, 0.3) is 0 Å². The van der Waals surface area contributed by atoms with Crippen LogP contribution in [0.15, 0.2) is 11.6 Å². The van der Waals surface area contributed by atoms with Crippen molar-refractivity contribution in [1.29, 1.82) is 5.41 Å². The molecule has 1 unspecified atom stereocenters. The van der Waals surface area contributed by atoms with Crippen molar-refractivity contribution >= 4 is 11.5 Å². The van der Waals surface area contributed by atoms with E-state index in [9.17, 15) is 4.79 Å². The van der Waals surface area contributed by atoms with Gasteiger partial charge in [-0.05, 0) is 37.0 Å². The van der Waals surface area contributed by atoms with Crippen molar-refractivity contribution in [1.82, 2.24) is 0 Å². The van der Waals surface area contributed by atoms with Crippen LogP contribution in [0, 0.1) is 38.0 Å². The number of hydrogen-bond donors (Lipinski definition) is 2. The van der Waals surface area contributed by atoms with Crippen LogP contribution < -0.4 is 57.1 Å². The van der Waals surface area contributed by atoms with E-state index >= 15 is 0 Å². The Kier molecular flexibility index (Phi) is 73.3. The standard InChI is InChI=1S/C13H25O.C13H27.C11H24.C7H13N2.C2H6.K/c1-3-4-5-6-7-8-9-10-11-12-13(2)14;1-3-5-7-9-11-13-12-10-8-6-4-2;1-5-6-7-8-9-11(4)10(2)3;1-6(7(2)9)4-3-5-8;1-2;/h2-12H2,1H3;1,3-13H2,2H3;10-11H,5-9H2,1-4H3;4,9H,1,3,5,8H2,2H3;1-2H3;/q2*-1;;-1;;+1/b;;;6-4+,9-7?;;. The van der Waals surface area contributed by atoms with E-state index in [1.54, 1.807) is 6.92 Å². The third kappa shape index (κ3) is 70.1. The van der Waals surface area contributed by atoms with E-state index < -0.39 is 0 Å². The molecule has 0 rings (SSSR count). The monoisotopic (exact) mass is 731 g/mol. The van der Waals surface area contributed by atoms with Gasteiger partial charge in [0.1, 0.15) is 0 Å². The second-order valence-electron chi connectivity index (χ2n) is 14.2. The van der Waals surface area contributed by atoms with Crippen LogP contribution in [-0.4, -0.2) is 18.0 Å². The first-order valence-corrected chi connectivity index (χ1v) is 21.5. The van der Waals surface area contributed by atoms with Crippen LogP contribution in [0.5, 0.6) is 0 Å². The normalized spacial score (nSPS) is 10.9. The third-order valence-corrected chi connectivity index (χ3v) is 8.85. The molecular weight excluding hydrogens is 636 g/mol. The van der Waals surface area contributed by atoms with Gasteiger partial charge in [0.15, 0.2) is 0 Å². The molecular formula is C46H95KN2O-2. The van der Waals surface area contributed by atoms with Crippen LogP contribution in [0.3, 0.4) is 0 Å². The molecule has 4 heteroatoms. The zero-order valence-corrected chi connectivity index (χ0v) is 39.8. The summed E-state index contributed by atoms with van der Waals surface area (Å²) in [6, 6.07) is 0. The van der Waals surface area contributed by atoms with Gasteiger partial charge in [-0.2, -0.15) is 25.0 Å². The number of Topliss-reactive ketones (excluding diaryl/α,β-unsaturated/α-hetero) is 1. The predicted octanol–water partition coefficient (Wildman–Crippen LogP) is 12.9. The first-order chi connectivity index (χ1) is 23.5. The van der Waals surface area contributed by atoms with Gasteiger partial charge < -0.3 is 29.8 Å². The fourth-order valence-corrected chi connectivity index (χ4v) is 4.93. The van der Waals surface area contributed by atoms with Crippen LogP contribution in [0.1, 0.15) is 236 Å². The number of carbonyl (C=O) groups is 1. The number of rotatable bonds is 29. The van der Waals surface area contributed by atoms with Gasteiger partial charge in [-0.1, -0.05) is 222 Å². The molecule has 0 bridgehead atoms. The van der Waals surface area contributed by atoms with E-state index in [0.29, 0.717) is 18.7 Å². The van der Waals surface area contributed by atoms with Gasteiger partial charge in [0, 0.05) is 0 Å². The van der Waals surface area contributed by atoms with E-state index in [1.807, 2.05) is 19.9 Å². The van der Waals surface area contributed by atoms with Gasteiger partial charge in [-0.3, -0.25) is 0 Å². The fraction of sp³-hybridized carbons (Fsp3) is 0.848. The Bertz CT molecular complexity index is 622. The number of carbonyl (C=O) groups excluding carboxylic acids is 1. The summed E-state index contributed by atoms with van der Waals surface area (Å²) in [7, 11) is 0. The molecule has 0 fully saturated rings. The minimum atomic E-state index is 0. The van der Waals surface area contributed by atoms with Gasteiger partial charge in [0.25, 0.3) is 0 Å². The number of nitrogens with two attached hydrogens (primary N) is 1. The fourth-order valence-electron chi connectivity index (χ4n) is 4.93. The second-order valence-corrected chi connectivity index (χ2v) is 14.2. The van der Waals surface area contributed by atoms with Crippen molar-refractivity contribution < 1.29 is 56.2 Å². The van der Waals surface area contributed by atoms with Crippen molar-refractivity contribution in [2.45, 2.75) is 236 Å². The van der Waals surface area contributed by atoms with Crippen molar-refractivity contribution in [3.05, 3.63) is 32.4 Å². The second kappa shape index (κ2) is 58.7. The predicted molar refractivity (Wildman–Crippen MR) is 229 cm³/mol. The molecule has 298 valence electrons. The molecule has 0 aliphatic rings. The Morgan fingerprint density at radius 1 is 0.640 bits per heavy atom. The Labute approximate surface area is 362 Å². The number of unbranched alkanes of at least 4 members (excludes halogenated alkanes) is 21. The smallest absolute Gasteiger partial charge is 0.369 e. The summed E-state index contributed by atoms with van der Waals surface area (Å²) in [6.45, 7) is 31.0. The number of ketones is 1. The van der Waals surface area contributed by atoms with Crippen LogP contribution in [0.2, 0.25) is 0 Å². The maximum atomic E-state index is 10.5. The van der Waals surface area contributed by atoms with Crippen molar-refractivity contribution in [2.24, 2.45) is 17.6 Å². The molecule has 0 spiro atoms. The largest absolute Gasteiger partial charge is 1.00 e. The summed E-state index contributed by atoms with van der Waals surface area (Å²) in [5.41, 5.74) is 6.53. The minimum absolute atomic E-state index is 0. The minimum Gasteiger partial charge on any atom is -0.369 e. The summed E-state index contributed by atoms with van der Waals surface area (Å²) >= 11 is 0. The Balaban J connectivity index is -0.000000127. The van der Waals surface area contributed by atoms with E-state index in [1.165, 1.54) is 148 Å². The first kappa shape index (κ1) is 62.4. The van der Waals surface area contributed by atoms with Crippen LogP contribution in [0.4, 0.5) is 0 Å². The first-order valence-electron chi connectivity index (χ1n) is 21.5. The topological polar surface area (TPSA) is 66.9 Å². The molecule has 0 heterocycles. The SMILES string of the molecule is CC.CCCCCCC(C)C(C)C.[CH2-]/C(=C\CCN)C(C)=N.[CH2-]C(=O)CCCCCCCCCCC.[CH2-]CCCCCCCCCCCC.[K+].